The normalized spacial score (nSPS) is 13.9. The lowest BCUT2D eigenvalue weighted by Gasteiger charge is -2.18. The van der Waals surface area contributed by atoms with E-state index in [1.165, 1.54) is 16.7 Å². The van der Waals surface area contributed by atoms with Crippen LogP contribution in [0.2, 0.25) is 0 Å². The molecular formula is C16H12Br2O. The third kappa shape index (κ3) is 2.63. The van der Waals surface area contributed by atoms with Crippen molar-refractivity contribution in [3.63, 3.8) is 0 Å². The van der Waals surface area contributed by atoms with Gasteiger partial charge in [-0.3, -0.25) is 0 Å². The van der Waals surface area contributed by atoms with Gasteiger partial charge in [-0.2, -0.15) is 0 Å². The van der Waals surface area contributed by atoms with Gasteiger partial charge in [0.05, 0.1) is 0 Å². The first-order valence-electron chi connectivity index (χ1n) is 6.11. The molecule has 96 valence electrons. The molecule has 0 unspecified atom stereocenters. The van der Waals surface area contributed by atoms with Crippen LogP contribution in [0.3, 0.4) is 0 Å². The van der Waals surface area contributed by atoms with Gasteiger partial charge in [-0.15, -0.1) is 0 Å². The van der Waals surface area contributed by atoms with Crippen molar-refractivity contribution < 1.29 is 5.11 Å². The number of aromatic hydroxyl groups is 1. The maximum Gasteiger partial charge on any atom is 0.124 e. The molecule has 3 rings (SSSR count). The minimum atomic E-state index is 0.332. The fraction of sp³-hybridized carbons (Fsp3) is 0.125. The lowest BCUT2D eigenvalue weighted by atomic mass is 9.88. The topological polar surface area (TPSA) is 20.2 Å². The largest absolute Gasteiger partial charge is 0.507 e. The van der Waals surface area contributed by atoms with Gasteiger partial charge in [0.25, 0.3) is 0 Å². The number of hydrogen-bond acceptors (Lipinski definition) is 1. The quantitative estimate of drug-likeness (QED) is 0.702. The van der Waals surface area contributed by atoms with Gasteiger partial charge in [0, 0.05) is 14.5 Å². The summed E-state index contributed by atoms with van der Waals surface area (Å²) in [5.41, 5.74) is 4.71. The summed E-state index contributed by atoms with van der Waals surface area (Å²) in [5.74, 6) is 0.332. The van der Waals surface area contributed by atoms with Crippen LogP contribution in [0.5, 0.6) is 5.75 Å². The molecule has 0 atom stereocenters. The van der Waals surface area contributed by atoms with Gasteiger partial charge in [-0.05, 0) is 59.9 Å². The maximum atomic E-state index is 10.1. The molecule has 1 aliphatic carbocycles. The Morgan fingerprint density at radius 1 is 0.895 bits per heavy atom. The Hall–Kier alpha value is -1.06. The number of benzene rings is 2. The zero-order valence-corrected chi connectivity index (χ0v) is 13.3. The molecule has 0 aromatic heterocycles. The van der Waals surface area contributed by atoms with Crippen molar-refractivity contribution in [3.8, 4) is 5.75 Å². The number of halogens is 2. The molecule has 0 fully saturated rings. The van der Waals surface area contributed by atoms with Crippen LogP contribution < -0.4 is 0 Å². The molecule has 19 heavy (non-hydrogen) atoms. The van der Waals surface area contributed by atoms with Crippen LogP contribution in [0.4, 0.5) is 0 Å². The van der Waals surface area contributed by atoms with Gasteiger partial charge in [-0.1, -0.05) is 44.0 Å². The molecule has 2 aromatic carbocycles. The Labute approximate surface area is 129 Å². The predicted molar refractivity (Wildman–Crippen MR) is 86.1 cm³/mol. The smallest absolute Gasteiger partial charge is 0.124 e. The van der Waals surface area contributed by atoms with Crippen molar-refractivity contribution in [2.75, 3.05) is 0 Å². The summed E-state index contributed by atoms with van der Waals surface area (Å²) in [7, 11) is 0. The molecule has 2 aromatic rings. The minimum Gasteiger partial charge on any atom is -0.507 e. The number of phenolic OH excluding ortho intramolecular Hbond substituents is 1. The number of aryl methyl sites for hydroxylation is 1. The third-order valence-electron chi connectivity index (χ3n) is 3.41. The number of hydrogen-bond donors (Lipinski definition) is 1. The van der Waals surface area contributed by atoms with Crippen LogP contribution in [0.15, 0.2) is 45.3 Å². The van der Waals surface area contributed by atoms with Crippen LogP contribution in [0.1, 0.15) is 23.1 Å². The maximum absolute atomic E-state index is 10.1. The van der Waals surface area contributed by atoms with Crippen molar-refractivity contribution in [2.24, 2.45) is 0 Å². The summed E-state index contributed by atoms with van der Waals surface area (Å²) in [5, 5.41) is 10.1. The Balaban J connectivity index is 2.07. The Bertz CT molecular complexity index is 674. The lowest BCUT2D eigenvalue weighted by molar-refractivity contribution is 0.473. The summed E-state index contributed by atoms with van der Waals surface area (Å²) in [6.07, 6.45) is 4.15. The Kier molecular flexibility index (Phi) is 3.50. The van der Waals surface area contributed by atoms with E-state index in [-0.39, 0.29) is 0 Å². The van der Waals surface area contributed by atoms with Crippen molar-refractivity contribution >= 4 is 43.5 Å². The van der Waals surface area contributed by atoms with Gasteiger partial charge in [-0.25, -0.2) is 0 Å². The van der Waals surface area contributed by atoms with E-state index in [2.05, 4.69) is 56.1 Å². The van der Waals surface area contributed by atoms with E-state index in [0.29, 0.717) is 5.75 Å². The first-order chi connectivity index (χ1) is 9.13. The van der Waals surface area contributed by atoms with E-state index < -0.39 is 0 Å². The standard InChI is InChI=1S/C16H12Br2O/c17-13-4-3-10-1-2-11(7-12(10)8-13)15-6-5-14(18)9-16(15)19/h3-9,19H,1-2H2. The molecule has 1 aliphatic rings. The SMILES string of the molecule is Oc1cc(Br)ccc1C1=Cc2cc(Br)ccc2CC1. The summed E-state index contributed by atoms with van der Waals surface area (Å²) < 4.78 is 1.98. The monoisotopic (exact) mass is 378 g/mol. The number of allylic oxidation sites excluding steroid dienone is 1. The van der Waals surface area contributed by atoms with Crippen molar-refractivity contribution in [1.82, 2.24) is 0 Å². The van der Waals surface area contributed by atoms with Crippen LogP contribution in [-0.4, -0.2) is 5.11 Å². The van der Waals surface area contributed by atoms with Gasteiger partial charge in [0.2, 0.25) is 0 Å². The van der Waals surface area contributed by atoms with Crippen LogP contribution in [0.25, 0.3) is 11.6 Å². The molecule has 0 radical (unpaired) electrons. The van der Waals surface area contributed by atoms with Crippen molar-refractivity contribution in [1.29, 1.82) is 0 Å². The van der Waals surface area contributed by atoms with E-state index in [1.807, 2.05) is 12.1 Å². The predicted octanol–water partition coefficient (Wildman–Crippen LogP) is 5.40. The summed E-state index contributed by atoms with van der Waals surface area (Å²) >= 11 is 6.88. The second-order valence-corrected chi connectivity index (χ2v) is 6.51. The highest BCUT2D eigenvalue weighted by Gasteiger charge is 2.14. The second-order valence-electron chi connectivity index (χ2n) is 4.67. The van der Waals surface area contributed by atoms with E-state index in [1.54, 1.807) is 6.07 Å². The van der Waals surface area contributed by atoms with Gasteiger partial charge >= 0.3 is 0 Å². The van der Waals surface area contributed by atoms with Crippen LogP contribution in [-0.2, 0) is 6.42 Å². The minimum absolute atomic E-state index is 0.332. The summed E-state index contributed by atoms with van der Waals surface area (Å²) in [6, 6.07) is 12.0. The van der Waals surface area contributed by atoms with Crippen molar-refractivity contribution in [3.05, 3.63) is 62.0 Å². The van der Waals surface area contributed by atoms with Gasteiger partial charge < -0.3 is 5.11 Å². The van der Waals surface area contributed by atoms with Gasteiger partial charge in [0.1, 0.15) is 5.75 Å². The zero-order chi connectivity index (χ0) is 13.4. The Morgan fingerprint density at radius 2 is 1.63 bits per heavy atom. The molecule has 1 N–H and O–H groups in total. The summed E-state index contributed by atoms with van der Waals surface area (Å²) in [6.45, 7) is 0. The average Bonchev–Trinajstić information content (AvgIpc) is 2.38. The fourth-order valence-electron chi connectivity index (χ4n) is 2.45. The highest BCUT2D eigenvalue weighted by molar-refractivity contribution is 9.10. The Morgan fingerprint density at radius 3 is 2.42 bits per heavy atom. The highest BCUT2D eigenvalue weighted by Crippen LogP contribution is 2.36. The zero-order valence-electron chi connectivity index (χ0n) is 10.2. The highest BCUT2D eigenvalue weighted by atomic mass is 79.9. The number of fused-ring (bicyclic) bond motifs is 1. The molecule has 1 nitrogen and oxygen atoms in total. The molecule has 0 saturated carbocycles. The van der Waals surface area contributed by atoms with Gasteiger partial charge in [0.15, 0.2) is 0 Å². The first-order valence-corrected chi connectivity index (χ1v) is 7.70. The number of phenols is 1. The van der Waals surface area contributed by atoms with E-state index >= 15 is 0 Å². The lowest BCUT2D eigenvalue weighted by Crippen LogP contribution is -1.99. The molecule has 0 saturated heterocycles. The van der Waals surface area contributed by atoms with Crippen molar-refractivity contribution in [2.45, 2.75) is 12.8 Å². The molecule has 3 heteroatoms. The number of rotatable bonds is 1. The second kappa shape index (κ2) is 5.14. The van der Waals surface area contributed by atoms with Crippen LogP contribution in [0, 0.1) is 0 Å². The molecule has 0 heterocycles. The molecular weight excluding hydrogens is 368 g/mol. The first kappa shape index (κ1) is 12.9. The average molecular weight is 380 g/mol. The summed E-state index contributed by atoms with van der Waals surface area (Å²) in [4.78, 5) is 0. The van der Waals surface area contributed by atoms with E-state index in [4.69, 9.17) is 0 Å². The van der Waals surface area contributed by atoms with Crippen LogP contribution >= 0.6 is 31.9 Å². The molecule has 0 spiro atoms. The van der Waals surface area contributed by atoms with E-state index in [0.717, 1.165) is 27.4 Å². The molecule has 0 amide bonds. The fourth-order valence-corrected chi connectivity index (χ4v) is 3.17. The molecule has 0 bridgehead atoms. The third-order valence-corrected chi connectivity index (χ3v) is 4.39. The van der Waals surface area contributed by atoms with E-state index in [9.17, 15) is 5.11 Å². The molecule has 0 aliphatic heterocycles.